The normalized spacial score (nSPS) is 12.3. The number of aromatic nitrogens is 1. The Morgan fingerprint density at radius 2 is 1.86 bits per heavy atom. The van der Waals surface area contributed by atoms with E-state index in [9.17, 15) is 4.79 Å². The highest BCUT2D eigenvalue weighted by Crippen LogP contribution is 2.33. The Kier molecular flexibility index (Phi) is 4.79. The minimum absolute atomic E-state index is 0.0432. The van der Waals surface area contributed by atoms with E-state index in [1.54, 1.807) is 16.2 Å². The Bertz CT molecular complexity index is 1120. The van der Waals surface area contributed by atoms with Crippen molar-refractivity contribution in [2.45, 2.75) is 13.1 Å². The molecule has 0 fully saturated rings. The molecule has 0 atom stereocenters. The van der Waals surface area contributed by atoms with Gasteiger partial charge in [-0.25, -0.2) is 0 Å². The summed E-state index contributed by atoms with van der Waals surface area (Å²) in [5, 5.41) is 8.06. The molecule has 8 heteroatoms. The van der Waals surface area contributed by atoms with E-state index in [0.29, 0.717) is 35.2 Å². The predicted octanol–water partition coefficient (Wildman–Crippen LogP) is 5.04. The molecule has 4 heterocycles. The zero-order valence-electron chi connectivity index (χ0n) is 15.2. The number of thiophene rings is 2. The minimum atomic E-state index is -0.0432. The van der Waals surface area contributed by atoms with Crippen molar-refractivity contribution in [2.75, 3.05) is 6.79 Å². The maximum Gasteiger partial charge on any atom is 0.264 e. The van der Waals surface area contributed by atoms with Gasteiger partial charge in [-0.1, -0.05) is 23.4 Å². The molecule has 0 bridgehead atoms. The third kappa shape index (κ3) is 3.76. The lowest BCUT2D eigenvalue weighted by atomic mass is 10.1. The summed E-state index contributed by atoms with van der Waals surface area (Å²) in [7, 11) is 0. The van der Waals surface area contributed by atoms with E-state index in [0.717, 1.165) is 16.2 Å². The van der Waals surface area contributed by atoms with Crippen LogP contribution in [0, 0.1) is 0 Å². The molecule has 29 heavy (non-hydrogen) atoms. The van der Waals surface area contributed by atoms with Gasteiger partial charge in [-0.15, -0.1) is 22.7 Å². The van der Waals surface area contributed by atoms with Gasteiger partial charge in [0.15, 0.2) is 17.3 Å². The number of nitrogens with zero attached hydrogens (tertiary/aromatic N) is 2. The zero-order valence-corrected chi connectivity index (χ0v) is 16.9. The summed E-state index contributed by atoms with van der Waals surface area (Å²) in [5.74, 6) is 2.09. The Morgan fingerprint density at radius 1 is 1.00 bits per heavy atom. The number of amides is 1. The third-order valence-corrected chi connectivity index (χ3v) is 6.25. The Labute approximate surface area is 174 Å². The van der Waals surface area contributed by atoms with E-state index < -0.39 is 0 Å². The molecular weight excluding hydrogens is 408 g/mol. The molecule has 0 saturated heterocycles. The number of carbonyl (C=O) groups excluding carboxylic acids is 1. The molecule has 1 amide bonds. The van der Waals surface area contributed by atoms with E-state index in [1.165, 1.54) is 11.3 Å². The van der Waals surface area contributed by atoms with Gasteiger partial charge in [0.1, 0.15) is 5.69 Å². The van der Waals surface area contributed by atoms with Gasteiger partial charge in [-0.05, 0) is 40.6 Å². The fraction of sp³-hybridized carbons (Fsp3) is 0.143. The van der Waals surface area contributed by atoms with Crippen molar-refractivity contribution in [1.29, 1.82) is 0 Å². The number of carbonyl (C=O) groups is 1. The zero-order chi connectivity index (χ0) is 19.6. The smallest absolute Gasteiger partial charge is 0.264 e. The molecule has 0 aliphatic carbocycles. The maximum absolute atomic E-state index is 13.1. The Morgan fingerprint density at radius 3 is 2.69 bits per heavy atom. The lowest BCUT2D eigenvalue weighted by Gasteiger charge is -2.21. The van der Waals surface area contributed by atoms with Crippen molar-refractivity contribution >= 4 is 28.6 Å². The average molecular weight is 425 g/mol. The second-order valence-electron chi connectivity index (χ2n) is 6.49. The maximum atomic E-state index is 13.1. The highest BCUT2D eigenvalue weighted by molar-refractivity contribution is 7.13. The first-order valence-electron chi connectivity index (χ1n) is 8.97. The topological polar surface area (TPSA) is 64.8 Å². The molecule has 0 spiro atoms. The van der Waals surface area contributed by atoms with Crippen LogP contribution in [0.15, 0.2) is 63.8 Å². The summed E-state index contributed by atoms with van der Waals surface area (Å²) in [4.78, 5) is 16.6. The van der Waals surface area contributed by atoms with Crippen LogP contribution in [-0.2, 0) is 13.1 Å². The van der Waals surface area contributed by atoms with Crippen molar-refractivity contribution in [3.05, 3.63) is 75.4 Å². The summed E-state index contributed by atoms with van der Waals surface area (Å²) in [6, 6.07) is 15.3. The molecule has 6 nitrogen and oxygen atoms in total. The quantitative estimate of drug-likeness (QED) is 0.434. The van der Waals surface area contributed by atoms with Crippen LogP contribution in [0.2, 0.25) is 0 Å². The summed E-state index contributed by atoms with van der Waals surface area (Å²) in [6.45, 7) is 0.996. The van der Waals surface area contributed by atoms with Crippen LogP contribution in [0.1, 0.15) is 20.9 Å². The van der Waals surface area contributed by atoms with Crippen molar-refractivity contribution in [3.63, 3.8) is 0 Å². The van der Waals surface area contributed by atoms with Gasteiger partial charge < -0.3 is 18.9 Å². The first-order valence-corrected chi connectivity index (χ1v) is 10.7. The summed E-state index contributed by atoms with van der Waals surface area (Å²) in [6.07, 6.45) is 0. The van der Waals surface area contributed by atoms with Gasteiger partial charge >= 0.3 is 0 Å². The second kappa shape index (κ2) is 7.73. The van der Waals surface area contributed by atoms with E-state index in [4.69, 9.17) is 14.0 Å². The fourth-order valence-electron chi connectivity index (χ4n) is 3.13. The van der Waals surface area contributed by atoms with Gasteiger partial charge in [0.2, 0.25) is 6.79 Å². The Hall–Kier alpha value is -3.10. The number of fused-ring (bicyclic) bond motifs is 1. The largest absolute Gasteiger partial charge is 0.454 e. The van der Waals surface area contributed by atoms with Gasteiger partial charge in [0.25, 0.3) is 5.91 Å². The van der Waals surface area contributed by atoms with Crippen LogP contribution >= 0.6 is 22.7 Å². The number of hydrogen-bond donors (Lipinski definition) is 0. The van der Waals surface area contributed by atoms with Gasteiger partial charge in [0.05, 0.1) is 16.3 Å². The van der Waals surface area contributed by atoms with Crippen LogP contribution < -0.4 is 9.47 Å². The van der Waals surface area contributed by atoms with E-state index in [2.05, 4.69) is 5.16 Å². The lowest BCUT2D eigenvalue weighted by Crippen LogP contribution is -2.29. The molecule has 1 aromatic carbocycles. The van der Waals surface area contributed by atoms with Crippen molar-refractivity contribution in [3.8, 4) is 22.1 Å². The van der Waals surface area contributed by atoms with Crippen LogP contribution in [0.4, 0.5) is 0 Å². The molecular formula is C21H16N2O4S2. The first kappa shape index (κ1) is 18.0. The van der Waals surface area contributed by atoms with Crippen LogP contribution in [0.25, 0.3) is 10.6 Å². The fourth-order valence-corrected chi connectivity index (χ4v) is 4.50. The van der Waals surface area contributed by atoms with Crippen molar-refractivity contribution in [2.24, 2.45) is 0 Å². The lowest BCUT2D eigenvalue weighted by molar-refractivity contribution is 0.0731. The number of hydrogen-bond acceptors (Lipinski definition) is 7. The number of benzene rings is 1. The monoisotopic (exact) mass is 424 g/mol. The molecule has 1 aliphatic heterocycles. The minimum Gasteiger partial charge on any atom is -0.454 e. The molecule has 0 unspecified atom stereocenters. The van der Waals surface area contributed by atoms with Crippen LogP contribution in [0.5, 0.6) is 11.5 Å². The Balaban J connectivity index is 1.40. The molecule has 3 aromatic heterocycles. The molecule has 5 rings (SSSR count). The molecule has 0 saturated carbocycles. The number of rotatable bonds is 6. The van der Waals surface area contributed by atoms with Gasteiger partial charge in [-0.3, -0.25) is 4.79 Å². The average Bonchev–Trinajstić information content (AvgIpc) is 3.54. The van der Waals surface area contributed by atoms with E-state index in [1.807, 2.05) is 59.3 Å². The standard InChI is InChI=1S/C21H16N2O4S2/c24-21(20-4-2-8-29-20)23(11-14-5-6-16-17(9-14)26-13-25-16)12-15-10-18(27-22-15)19-3-1-7-28-19/h1-10H,11-13H2. The highest BCUT2D eigenvalue weighted by atomic mass is 32.1. The summed E-state index contributed by atoms with van der Waals surface area (Å²) >= 11 is 3.01. The molecule has 1 aliphatic rings. The predicted molar refractivity (Wildman–Crippen MR) is 110 cm³/mol. The van der Waals surface area contributed by atoms with Crippen LogP contribution in [-0.4, -0.2) is 22.8 Å². The molecule has 4 aromatic rings. The number of ether oxygens (including phenoxy) is 2. The van der Waals surface area contributed by atoms with E-state index >= 15 is 0 Å². The van der Waals surface area contributed by atoms with E-state index in [-0.39, 0.29) is 12.7 Å². The molecule has 0 N–H and O–H groups in total. The molecule has 0 radical (unpaired) electrons. The highest BCUT2D eigenvalue weighted by Gasteiger charge is 2.21. The SMILES string of the molecule is O=C(c1cccs1)N(Cc1ccc2c(c1)OCO2)Cc1cc(-c2cccs2)on1. The van der Waals surface area contributed by atoms with Crippen molar-refractivity contribution < 1.29 is 18.8 Å². The summed E-state index contributed by atoms with van der Waals surface area (Å²) < 4.78 is 16.3. The summed E-state index contributed by atoms with van der Waals surface area (Å²) in [5.41, 5.74) is 1.67. The molecule has 146 valence electrons. The second-order valence-corrected chi connectivity index (χ2v) is 8.38. The van der Waals surface area contributed by atoms with Gasteiger partial charge in [-0.2, -0.15) is 0 Å². The van der Waals surface area contributed by atoms with Crippen molar-refractivity contribution in [1.82, 2.24) is 10.1 Å². The van der Waals surface area contributed by atoms with Gasteiger partial charge in [0, 0.05) is 12.6 Å². The third-order valence-electron chi connectivity index (χ3n) is 4.51. The van der Waals surface area contributed by atoms with Crippen LogP contribution in [0.3, 0.4) is 0 Å². The first-order chi connectivity index (χ1) is 14.3.